The second-order valence-corrected chi connectivity index (χ2v) is 6.83. The monoisotopic (exact) mass is 397 g/mol. The number of hydrogen-bond donors (Lipinski definition) is 1. The maximum atomic E-state index is 13.8. The smallest absolute Gasteiger partial charge is 0.277 e. The molecule has 22 heavy (non-hydrogen) atoms. The van der Waals surface area contributed by atoms with Gasteiger partial charge in [-0.25, -0.2) is 12.8 Å². The fraction of sp³-hybridized carbons (Fsp3) is 0.0769. The van der Waals surface area contributed by atoms with Gasteiger partial charge in [0.2, 0.25) is 0 Å². The normalized spacial score (nSPS) is 12.2. The number of halogens is 5. The van der Waals surface area contributed by atoms with Crippen LogP contribution in [0.25, 0.3) is 0 Å². The summed E-state index contributed by atoms with van der Waals surface area (Å²) in [5.74, 6) is -1.67. The first-order chi connectivity index (χ1) is 10.1. The lowest BCUT2D eigenvalue weighted by Gasteiger charge is -2.13. The van der Waals surface area contributed by atoms with Crippen molar-refractivity contribution in [3.63, 3.8) is 0 Å². The molecule has 0 spiro atoms. The van der Waals surface area contributed by atoms with E-state index in [-0.39, 0.29) is 4.90 Å². The Morgan fingerprint density at radius 1 is 1.05 bits per heavy atom. The number of alkyl halides is 3. The molecule has 0 aliphatic rings. The van der Waals surface area contributed by atoms with E-state index >= 15 is 0 Å². The molecule has 0 aromatic heterocycles. The highest BCUT2D eigenvalue weighted by molar-refractivity contribution is 9.10. The van der Waals surface area contributed by atoms with Crippen molar-refractivity contribution < 1.29 is 26.0 Å². The molecule has 0 heterocycles. The molecule has 0 aliphatic carbocycles. The highest BCUT2D eigenvalue weighted by atomic mass is 79.9. The van der Waals surface area contributed by atoms with Gasteiger partial charge < -0.3 is 0 Å². The average Bonchev–Trinajstić information content (AvgIpc) is 2.39. The number of hydrogen-bond acceptors (Lipinski definition) is 2. The lowest BCUT2D eigenvalue weighted by Crippen LogP contribution is -2.16. The number of sulfonamides is 1. The van der Waals surface area contributed by atoms with Crippen LogP contribution in [0.15, 0.2) is 51.8 Å². The van der Waals surface area contributed by atoms with Crippen molar-refractivity contribution in [1.29, 1.82) is 0 Å². The van der Waals surface area contributed by atoms with E-state index in [1.165, 1.54) is 18.2 Å². The minimum Gasteiger partial charge on any atom is -0.277 e. The van der Waals surface area contributed by atoms with Gasteiger partial charge in [0.05, 0.1) is 16.1 Å². The number of anilines is 1. The summed E-state index contributed by atoms with van der Waals surface area (Å²) in [5.41, 5.74) is -2.31. The number of nitrogens with one attached hydrogen (secondary N) is 1. The van der Waals surface area contributed by atoms with Crippen LogP contribution in [0.4, 0.5) is 23.2 Å². The fourth-order valence-electron chi connectivity index (χ4n) is 1.67. The molecule has 0 saturated heterocycles. The molecular formula is C13H8BrF4NO2S. The maximum absolute atomic E-state index is 13.8. The standard InChI is InChI=1S/C13H8BrF4NO2S/c14-8-3-1-4-9(7-8)22(20,21)19-11-6-2-5-10(12(11)15)13(16,17)18/h1-7,19H. The molecule has 0 atom stereocenters. The van der Waals surface area contributed by atoms with Crippen molar-refractivity contribution in [2.24, 2.45) is 0 Å². The summed E-state index contributed by atoms with van der Waals surface area (Å²) in [6.07, 6.45) is -4.92. The van der Waals surface area contributed by atoms with Crippen LogP contribution >= 0.6 is 15.9 Å². The zero-order valence-electron chi connectivity index (χ0n) is 10.7. The number of benzene rings is 2. The summed E-state index contributed by atoms with van der Waals surface area (Å²) in [5, 5.41) is 0. The van der Waals surface area contributed by atoms with Crippen LogP contribution in [0.3, 0.4) is 0 Å². The molecule has 2 aromatic rings. The minimum atomic E-state index is -4.92. The number of rotatable bonds is 3. The Morgan fingerprint density at radius 3 is 2.27 bits per heavy atom. The van der Waals surface area contributed by atoms with Gasteiger partial charge in [0.15, 0.2) is 5.82 Å². The Labute approximate surface area is 132 Å². The highest BCUT2D eigenvalue weighted by Crippen LogP contribution is 2.34. The van der Waals surface area contributed by atoms with Gasteiger partial charge in [-0.05, 0) is 30.3 Å². The zero-order chi connectivity index (χ0) is 16.5. The second-order valence-electron chi connectivity index (χ2n) is 4.23. The molecular weight excluding hydrogens is 390 g/mol. The second kappa shape index (κ2) is 5.88. The van der Waals surface area contributed by atoms with Crippen LogP contribution in [0, 0.1) is 5.82 Å². The average molecular weight is 398 g/mol. The Bertz CT molecular complexity index is 806. The van der Waals surface area contributed by atoms with Gasteiger partial charge in [-0.3, -0.25) is 4.72 Å². The first-order valence-electron chi connectivity index (χ1n) is 5.75. The van der Waals surface area contributed by atoms with Gasteiger partial charge in [0, 0.05) is 4.47 Å². The summed E-state index contributed by atoms with van der Waals surface area (Å²) >= 11 is 3.08. The van der Waals surface area contributed by atoms with Crippen LogP contribution in [-0.2, 0) is 16.2 Å². The Hall–Kier alpha value is -1.61. The molecule has 118 valence electrons. The maximum Gasteiger partial charge on any atom is 0.419 e. The molecule has 0 unspecified atom stereocenters. The third kappa shape index (κ3) is 3.58. The lowest BCUT2D eigenvalue weighted by molar-refractivity contribution is -0.139. The van der Waals surface area contributed by atoms with E-state index in [2.05, 4.69) is 15.9 Å². The summed E-state index contributed by atoms with van der Waals surface area (Å²) in [6.45, 7) is 0. The van der Waals surface area contributed by atoms with Gasteiger partial charge >= 0.3 is 6.18 Å². The predicted octanol–water partition coefficient (Wildman–Crippen LogP) is 4.41. The van der Waals surface area contributed by atoms with E-state index in [9.17, 15) is 26.0 Å². The zero-order valence-corrected chi connectivity index (χ0v) is 13.1. The first kappa shape index (κ1) is 16.8. The summed E-state index contributed by atoms with van der Waals surface area (Å²) in [6, 6.07) is 7.86. The third-order valence-corrected chi connectivity index (χ3v) is 4.51. The largest absolute Gasteiger partial charge is 0.419 e. The van der Waals surface area contributed by atoms with E-state index in [4.69, 9.17) is 0 Å². The molecule has 2 aromatic carbocycles. The fourth-order valence-corrected chi connectivity index (χ4v) is 3.32. The quantitative estimate of drug-likeness (QED) is 0.779. The molecule has 3 nitrogen and oxygen atoms in total. The van der Waals surface area contributed by atoms with Gasteiger partial charge in [0.1, 0.15) is 0 Å². The predicted molar refractivity (Wildman–Crippen MR) is 76.4 cm³/mol. The van der Waals surface area contributed by atoms with Crippen LogP contribution in [0.2, 0.25) is 0 Å². The molecule has 1 N–H and O–H groups in total. The Balaban J connectivity index is 2.43. The minimum absolute atomic E-state index is 0.210. The van der Waals surface area contributed by atoms with Gasteiger partial charge in [0.25, 0.3) is 10.0 Å². The SMILES string of the molecule is O=S(=O)(Nc1cccc(C(F)(F)F)c1F)c1cccc(Br)c1. The molecule has 0 saturated carbocycles. The van der Waals surface area contributed by atoms with Crippen molar-refractivity contribution >= 4 is 31.6 Å². The summed E-state index contributed by atoms with van der Waals surface area (Å²) in [4.78, 5) is -0.210. The van der Waals surface area contributed by atoms with Gasteiger partial charge in [-0.2, -0.15) is 13.2 Å². The summed E-state index contributed by atoms with van der Waals surface area (Å²) < 4.78 is 78.1. The van der Waals surface area contributed by atoms with Gasteiger partial charge in [-0.15, -0.1) is 0 Å². The van der Waals surface area contributed by atoms with Crippen LogP contribution < -0.4 is 4.72 Å². The van der Waals surface area contributed by atoms with E-state index in [1.807, 2.05) is 4.72 Å². The van der Waals surface area contributed by atoms with E-state index in [0.29, 0.717) is 10.5 Å². The van der Waals surface area contributed by atoms with Crippen LogP contribution in [-0.4, -0.2) is 8.42 Å². The molecule has 2 rings (SSSR count). The van der Waals surface area contributed by atoms with Crippen molar-refractivity contribution in [3.05, 3.63) is 58.3 Å². The molecule has 0 radical (unpaired) electrons. The Morgan fingerprint density at radius 2 is 1.68 bits per heavy atom. The lowest BCUT2D eigenvalue weighted by atomic mass is 10.2. The third-order valence-electron chi connectivity index (χ3n) is 2.65. The van der Waals surface area contributed by atoms with Gasteiger partial charge in [-0.1, -0.05) is 28.1 Å². The Kier molecular flexibility index (Phi) is 4.48. The summed E-state index contributed by atoms with van der Waals surface area (Å²) in [7, 11) is -4.21. The highest BCUT2D eigenvalue weighted by Gasteiger charge is 2.35. The van der Waals surface area contributed by atoms with Crippen molar-refractivity contribution in [3.8, 4) is 0 Å². The molecule has 0 amide bonds. The van der Waals surface area contributed by atoms with E-state index in [1.54, 1.807) is 6.07 Å². The van der Waals surface area contributed by atoms with Crippen molar-refractivity contribution in [2.45, 2.75) is 11.1 Å². The van der Waals surface area contributed by atoms with Crippen LogP contribution in [0.1, 0.15) is 5.56 Å². The van der Waals surface area contributed by atoms with Crippen molar-refractivity contribution in [2.75, 3.05) is 4.72 Å². The molecule has 0 bridgehead atoms. The molecule has 0 aliphatic heterocycles. The van der Waals surface area contributed by atoms with E-state index < -0.39 is 33.3 Å². The van der Waals surface area contributed by atoms with Crippen molar-refractivity contribution in [1.82, 2.24) is 0 Å². The topological polar surface area (TPSA) is 46.2 Å². The van der Waals surface area contributed by atoms with Crippen LogP contribution in [0.5, 0.6) is 0 Å². The van der Waals surface area contributed by atoms with E-state index in [0.717, 1.165) is 12.1 Å². The first-order valence-corrected chi connectivity index (χ1v) is 8.03. The molecule has 0 fully saturated rings. The molecule has 9 heteroatoms.